The van der Waals surface area contributed by atoms with Gasteiger partial charge in [0, 0.05) is 19.3 Å². The minimum atomic E-state index is -0.801. The molecule has 0 heterocycles. The normalized spacial score (nSPS) is 12.9. The van der Waals surface area contributed by atoms with Crippen molar-refractivity contribution in [3.8, 4) is 0 Å². The lowest BCUT2D eigenvalue weighted by Gasteiger charge is -2.18. The van der Waals surface area contributed by atoms with Crippen LogP contribution in [0.5, 0.6) is 0 Å². The van der Waals surface area contributed by atoms with E-state index in [0.29, 0.717) is 19.3 Å². The average molecular weight is 1070 g/mol. The van der Waals surface area contributed by atoms with Crippen LogP contribution in [0.25, 0.3) is 0 Å². The van der Waals surface area contributed by atoms with Crippen LogP contribution in [-0.4, -0.2) is 37.2 Å². The Hall–Kier alpha value is -4.19. The van der Waals surface area contributed by atoms with Crippen molar-refractivity contribution in [3.05, 3.63) is 122 Å². The van der Waals surface area contributed by atoms with Gasteiger partial charge in [0.05, 0.1) is 0 Å². The summed E-state index contributed by atoms with van der Waals surface area (Å²) in [5, 5.41) is 0. The van der Waals surface area contributed by atoms with Gasteiger partial charge in [-0.25, -0.2) is 0 Å². The number of allylic oxidation sites excluding steroid dienone is 20. The first kappa shape index (κ1) is 72.8. The molecular weight excluding hydrogens is 949 g/mol. The quantitative estimate of drug-likeness (QED) is 0.0261. The Balaban J connectivity index is 4.43. The van der Waals surface area contributed by atoms with Gasteiger partial charge in [-0.15, -0.1) is 0 Å². The van der Waals surface area contributed by atoms with E-state index in [1.807, 2.05) is 0 Å². The molecule has 1 unspecified atom stereocenters. The second-order valence-electron chi connectivity index (χ2n) is 20.9. The standard InChI is InChI=1S/C71H118O6/c1-4-7-10-13-16-19-22-25-27-29-31-33-35-37-39-41-43-46-49-52-55-58-61-64-70(73)76-67-68(66-75-69(72)63-60-57-54-51-48-45-24-21-18-15-12-9-6-3)77-71(74)65-62-59-56-53-50-47-44-42-40-38-36-34-32-30-28-26-23-20-17-14-11-8-5-2/h7,10,16,19,21,23-27,30-33,36-39,43,46,68H,4-6,8-9,11-15,17-18,20,22,28-29,34-35,40-42,44-45,47-67H2,1-3H3/b10-7-,19-16-,24-21-,26-23-,27-25-,32-30-,33-31-,38-36-,39-37-,46-43-. The lowest BCUT2D eigenvalue weighted by Crippen LogP contribution is -2.30. The van der Waals surface area contributed by atoms with Crippen molar-refractivity contribution in [1.29, 1.82) is 0 Å². The molecule has 0 aliphatic heterocycles. The molecule has 0 rings (SSSR count). The Morgan fingerprint density at radius 2 is 0.506 bits per heavy atom. The van der Waals surface area contributed by atoms with Crippen LogP contribution in [0.15, 0.2) is 122 Å². The minimum absolute atomic E-state index is 0.0959. The van der Waals surface area contributed by atoms with Crippen molar-refractivity contribution < 1.29 is 28.6 Å². The van der Waals surface area contributed by atoms with Gasteiger partial charge in [0.15, 0.2) is 6.10 Å². The Morgan fingerprint density at radius 3 is 0.818 bits per heavy atom. The molecule has 0 amide bonds. The molecule has 6 heteroatoms. The highest BCUT2D eigenvalue weighted by Gasteiger charge is 2.19. The number of ether oxygens (including phenoxy) is 3. The summed E-state index contributed by atoms with van der Waals surface area (Å²) >= 11 is 0. The maximum absolute atomic E-state index is 12.9. The smallest absolute Gasteiger partial charge is 0.306 e. The van der Waals surface area contributed by atoms with E-state index in [2.05, 4.69) is 142 Å². The van der Waals surface area contributed by atoms with Crippen LogP contribution < -0.4 is 0 Å². The summed E-state index contributed by atoms with van der Waals surface area (Å²) in [5.74, 6) is -0.933. The molecule has 0 aromatic rings. The summed E-state index contributed by atoms with van der Waals surface area (Å²) in [4.78, 5) is 38.3. The zero-order valence-electron chi connectivity index (χ0n) is 50.2. The van der Waals surface area contributed by atoms with E-state index < -0.39 is 6.10 Å². The highest BCUT2D eigenvalue weighted by atomic mass is 16.6. The minimum Gasteiger partial charge on any atom is -0.462 e. The molecule has 1 atom stereocenters. The van der Waals surface area contributed by atoms with Crippen LogP contribution in [0.4, 0.5) is 0 Å². The second-order valence-corrected chi connectivity index (χ2v) is 20.9. The molecule has 0 fully saturated rings. The van der Waals surface area contributed by atoms with E-state index in [4.69, 9.17) is 14.2 Å². The number of carbonyl (C=O) groups excluding carboxylic acids is 3. The summed E-state index contributed by atoms with van der Waals surface area (Å²) in [7, 11) is 0. The predicted molar refractivity (Wildman–Crippen MR) is 334 cm³/mol. The van der Waals surface area contributed by atoms with Crippen LogP contribution in [-0.2, 0) is 28.6 Å². The summed E-state index contributed by atoms with van der Waals surface area (Å²) in [5.41, 5.74) is 0. The van der Waals surface area contributed by atoms with Crippen LogP contribution in [0.3, 0.4) is 0 Å². The van der Waals surface area contributed by atoms with Gasteiger partial charge < -0.3 is 14.2 Å². The molecule has 0 aromatic carbocycles. The van der Waals surface area contributed by atoms with E-state index >= 15 is 0 Å². The van der Waals surface area contributed by atoms with Gasteiger partial charge in [-0.3, -0.25) is 14.4 Å². The summed E-state index contributed by atoms with van der Waals surface area (Å²) in [6, 6.07) is 0. The van der Waals surface area contributed by atoms with Crippen LogP contribution in [0.1, 0.15) is 290 Å². The number of rotatable bonds is 57. The first-order chi connectivity index (χ1) is 38.0. The number of esters is 3. The summed E-state index contributed by atoms with van der Waals surface area (Å²) < 4.78 is 16.9. The van der Waals surface area contributed by atoms with Gasteiger partial charge >= 0.3 is 17.9 Å². The lowest BCUT2D eigenvalue weighted by atomic mass is 10.1. The SMILES string of the molecule is CC/C=C\C/C=C\C/C=C\C/C=C\C/C=C\C/C=C\CCCCCCC(=O)OCC(COC(=O)CCCCCCC/C=C\CCCCCC)OC(=O)CCCCCCCCCC/C=C\C/C=C\C/C=C\CCCCCCC. The first-order valence-electron chi connectivity index (χ1n) is 32.0. The van der Waals surface area contributed by atoms with Crippen molar-refractivity contribution in [2.24, 2.45) is 0 Å². The van der Waals surface area contributed by atoms with Gasteiger partial charge in [-0.2, -0.15) is 0 Å². The Labute approximate surface area is 475 Å². The van der Waals surface area contributed by atoms with Gasteiger partial charge in [-0.1, -0.05) is 258 Å². The largest absolute Gasteiger partial charge is 0.462 e. The fraction of sp³-hybridized carbons (Fsp3) is 0.676. The molecule has 0 bridgehead atoms. The van der Waals surface area contributed by atoms with E-state index in [1.54, 1.807) is 0 Å². The molecule has 0 radical (unpaired) electrons. The van der Waals surface area contributed by atoms with Crippen molar-refractivity contribution in [2.45, 2.75) is 297 Å². The van der Waals surface area contributed by atoms with E-state index in [9.17, 15) is 14.4 Å². The third kappa shape index (κ3) is 62.5. The average Bonchev–Trinajstić information content (AvgIpc) is 3.43. The Kier molecular flexibility index (Phi) is 60.8. The maximum atomic E-state index is 12.9. The molecule has 0 saturated carbocycles. The molecule has 0 N–H and O–H groups in total. The number of unbranched alkanes of at least 4 members (excludes halogenated alkanes) is 26. The number of hydrogen-bond acceptors (Lipinski definition) is 6. The fourth-order valence-electron chi connectivity index (χ4n) is 8.62. The van der Waals surface area contributed by atoms with E-state index in [1.165, 1.54) is 109 Å². The molecular formula is C71H118O6. The third-order valence-corrected chi connectivity index (χ3v) is 13.4. The molecule has 0 aliphatic rings. The van der Waals surface area contributed by atoms with Crippen LogP contribution >= 0.6 is 0 Å². The molecule has 0 aliphatic carbocycles. The lowest BCUT2D eigenvalue weighted by molar-refractivity contribution is -0.167. The first-order valence-corrected chi connectivity index (χ1v) is 32.0. The molecule has 0 spiro atoms. The van der Waals surface area contributed by atoms with Gasteiger partial charge in [0.1, 0.15) is 13.2 Å². The summed E-state index contributed by atoms with van der Waals surface area (Å²) in [6.07, 6.45) is 89.1. The summed E-state index contributed by atoms with van der Waals surface area (Å²) in [6.45, 7) is 6.48. The zero-order chi connectivity index (χ0) is 55.7. The number of carbonyl (C=O) groups is 3. The van der Waals surface area contributed by atoms with E-state index in [0.717, 1.165) is 141 Å². The monoisotopic (exact) mass is 1070 g/mol. The van der Waals surface area contributed by atoms with Crippen LogP contribution in [0, 0.1) is 0 Å². The molecule has 6 nitrogen and oxygen atoms in total. The number of hydrogen-bond donors (Lipinski definition) is 0. The highest BCUT2D eigenvalue weighted by Crippen LogP contribution is 2.15. The molecule has 438 valence electrons. The predicted octanol–water partition coefficient (Wildman–Crippen LogP) is 22.0. The van der Waals surface area contributed by atoms with Crippen molar-refractivity contribution in [2.75, 3.05) is 13.2 Å². The van der Waals surface area contributed by atoms with Gasteiger partial charge in [-0.05, 0) is 135 Å². The van der Waals surface area contributed by atoms with Gasteiger partial charge in [0.25, 0.3) is 0 Å². The topological polar surface area (TPSA) is 78.9 Å². The third-order valence-electron chi connectivity index (χ3n) is 13.4. The zero-order valence-corrected chi connectivity index (χ0v) is 50.2. The fourth-order valence-corrected chi connectivity index (χ4v) is 8.62. The molecule has 77 heavy (non-hydrogen) atoms. The van der Waals surface area contributed by atoms with Crippen molar-refractivity contribution >= 4 is 17.9 Å². The molecule has 0 saturated heterocycles. The van der Waals surface area contributed by atoms with E-state index in [-0.39, 0.29) is 31.1 Å². The van der Waals surface area contributed by atoms with Crippen molar-refractivity contribution in [1.82, 2.24) is 0 Å². The maximum Gasteiger partial charge on any atom is 0.306 e. The second kappa shape index (κ2) is 64.3. The Morgan fingerprint density at radius 1 is 0.273 bits per heavy atom. The van der Waals surface area contributed by atoms with Crippen molar-refractivity contribution in [3.63, 3.8) is 0 Å². The van der Waals surface area contributed by atoms with Crippen LogP contribution in [0.2, 0.25) is 0 Å². The highest BCUT2D eigenvalue weighted by molar-refractivity contribution is 5.71. The van der Waals surface area contributed by atoms with Gasteiger partial charge in [0.2, 0.25) is 0 Å². The molecule has 0 aromatic heterocycles. The Bertz CT molecular complexity index is 1600.